The van der Waals surface area contributed by atoms with Crippen molar-refractivity contribution in [3.63, 3.8) is 0 Å². The van der Waals surface area contributed by atoms with Crippen molar-refractivity contribution in [2.45, 2.75) is 13.3 Å². The zero-order chi connectivity index (χ0) is 13.9. The third kappa shape index (κ3) is 2.94. The molecule has 3 heterocycles. The van der Waals surface area contributed by atoms with Crippen molar-refractivity contribution in [3.8, 4) is 10.6 Å². The summed E-state index contributed by atoms with van der Waals surface area (Å²) in [6.07, 6.45) is 0.174. The Morgan fingerprint density at radius 1 is 1.45 bits per heavy atom. The van der Waals surface area contributed by atoms with E-state index in [0.717, 1.165) is 10.6 Å². The lowest BCUT2D eigenvalue weighted by molar-refractivity contribution is -0.115. The highest BCUT2D eigenvalue weighted by atomic mass is 32.1. The average Bonchev–Trinajstić information content (AvgIpc) is 3.10. The number of thiophene rings is 1. The molecule has 20 heavy (non-hydrogen) atoms. The van der Waals surface area contributed by atoms with Gasteiger partial charge >= 0.3 is 0 Å². The highest BCUT2D eigenvalue weighted by Crippen LogP contribution is 2.25. The largest absolute Gasteiger partial charge is 0.355 e. The second-order valence-electron chi connectivity index (χ2n) is 4.18. The normalized spacial score (nSPS) is 10.7. The third-order valence-corrected chi connectivity index (χ3v) is 4.29. The Bertz CT molecular complexity index is 716. The number of aryl methyl sites for hydroxylation is 1. The van der Waals surface area contributed by atoms with E-state index in [1.54, 1.807) is 17.4 Å². The summed E-state index contributed by atoms with van der Waals surface area (Å²) < 4.78 is 5.23. The Labute approximate surface area is 123 Å². The van der Waals surface area contributed by atoms with E-state index < -0.39 is 0 Å². The van der Waals surface area contributed by atoms with Crippen LogP contribution in [0.1, 0.15) is 11.4 Å². The van der Waals surface area contributed by atoms with Crippen LogP contribution in [-0.4, -0.2) is 16.0 Å². The monoisotopic (exact) mass is 305 g/mol. The maximum absolute atomic E-state index is 11.9. The molecule has 0 saturated heterocycles. The van der Waals surface area contributed by atoms with Gasteiger partial charge in [0.1, 0.15) is 0 Å². The van der Waals surface area contributed by atoms with Gasteiger partial charge in [-0.15, -0.1) is 22.7 Å². The Balaban J connectivity index is 1.64. The molecule has 0 spiro atoms. The van der Waals surface area contributed by atoms with Gasteiger partial charge in [-0.2, -0.15) is 0 Å². The number of amides is 1. The molecular formula is C13H11N3O2S2. The summed E-state index contributed by atoms with van der Waals surface area (Å²) in [6, 6.07) is 5.69. The molecule has 0 aliphatic heterocycles. The number of rotatable bonds is 4. The molecule has 5 nitrogen and oxygen atoms in total. The van der Waals surface area contributed by atoms with E-state index in [9.17, 15) is 4.79 Å². The maximum Gasteiger partial charge on any atom is 0.232 e. The number of thiazole rings is 1. The predicted octanol–water partition coefficient (Wildman–Crippen LogP) is 3.35. The lowest BCUT2D eigenvalue weighted by Gasteiger charge is -1.97. The number of hydrogen-bond donors (Lipinski definition) is 1. The highest BCUT2D eigenvalue weighted by molar-refractivity contribution is 7.14. The van der Waals surface area contributed by atoms with E-state index in [2.05, 4.69) is 15.5 Å². The van der Waals surface area contributed by atoms with Gasteiger partial charge in [0.2, 0.25) is 5.91 Å². The molecule has 0 saturated carbocycles. The van der Waals surface area contributed by atoms with Crippen LogP contribution < -0.4 is 5.32 Å². The van der Waals surface area contributed by atoms with Gasteiger partial charge in [0.05, 0.1) is 22.7 Å². The van der Waals surface area contributed by atoms with Crippen LogP contribution in [0.3, 0.4) is 0 Å². The second-order valence-corrected chi connectivity index (χ2v) is 5.98. The fourth-order valence-electron chi connectivity index (χ4n) is 1.67. The van der Waals surface area contributed by atoms with Crippen molar-refractivity contribution >= 4 is 33.7 Å². The van der Waals surface area contributed by atoms with Crippen molar-refractivity contribution in [3.05, 3.63) is 40.3 Å². The van der Waals surface area contributed by atoms with E-state index in [1.807, 2.05) is 29.8 Å². The standard InChI is InChI=1S/C13H11N3O2S2/c1-8-7-20-13(14-8)15-12(17)6-9-5-10(18-16-9)11-3-2-4-19-11/h2-5,7H,6H2,1H3,(H,14,15,17). The maximum atomic E-state index is 11.9. The zero-order valence-corrected chi connectivity index (χ0v) is 12.3. The molecule has 102 valence electrons. The molecule has 0 radical (unpaired) electrons. The molecule has 0 aromatic carbocycles. The van der Waals surface area contributed by atoms with Crippen molar-refractivity contribution in [1.82, 2.24) is 10.1 Å². The van der Waals surface area contributed by atoms with E-state index in [1.165, 1.54) is 11.3 Å². The molecule has 3 rings (SSSR count). The fraction of sp³-hybridized carbons (Fsp3) is 0.154. The minimum absolute atomic E-state index is 0.148. The first-order valence-electron chi connectivity index (χ1n) is 5.92. The summed E-state index contributed by atoms with van der Waals surface area (Å²) >= 11 is 2.98. The SMILES string of the molecule is Cc1csc(NC(=O)Cc2cc(-c3cccs3)on2)n1. The van der Waals surface area contributed by atoms with Crippen LogP contribution in [0.25, 0.3) is 10.6 Å². The van der Waals surface area contributed by atoms with Gasteiger partial charge in [-0.3, -0.25) is 4.79 Å². The Hall–Kier alpha value is -1.99. The van der Waals surface area contributed by atoms with Gasteiger partial charge in [0.25, 0.3) is 0 Å². The zero-order valence-electron chi connectivity index (χ0n) is 10.6. The molecule has 0 aliphatic carbocycles. The molecule has 1 N–H and O–H groups in total. The topological polar surface area (TPSA) is 68.0 Å². The predicted molar refractivity (Wildman–Crippen MR) is 79.0 cm³/mol. The first kappa shape index (κ1) is 13.0. The molecule has 0 aliphatic rings. The van der Waals surface area contributed by atoms with Crippen LogP contribution in [0.5, 0.6) is 0 Å². The van der Waals surface area contributed by atoms with E-state index >= 15 is 0 Å². The van der Waals surface area contributed by atoms with E-state index in [0.29, 0.717) is 16.6 Å². The van der Waals surface area contributed by atoms with Crippen LogP contribution >= 0.6 is 22.7 Å². The lowest BCUT2D eigenvalue weighted by Crippen LogP contribution is -2.14. The molecule has 0 unspecified atom stereocenters. The van der Waals surface area contributed by atoms with Crippen molar-refractivity contribution in [1.29, 1.82) is 0 Å². The molecule has 3 aromatic rings. The van der Waals surface area contributed by atoms with Crippen LogP contribution in [0.2, 0.25) is 0 Å². The van der Waals surface area contributed by atoms with Gasteiger partial charge in [0, 0.05) is 11.4 Å². The molecule has 0 bridgehead atoms. The molecule has 1 amide bonds. The smallest absolute Gasteiger partial charge is 0.232 e. The number of hydrogen-bond acceptors (Lipinski definition) is 6. The van der Waals surface area contributed by atoms with Gasteiger partial charge in [-0.25, -0.2) is 4.98 Å². The van der Waals surface area contributed by atoms with Crippen LogP contribution in [0.4, 0.5) is 5.13 Å². The van der Waals surface area contributed by atoms with Crippen molar-refractivity contribution in [2.24, 2.45) is 0 Å². The Morgan fingerprint density at radius 2 is 2.35 bits per heavy atom. The minimum Gasteiger partial charge on any atom is -0.355 e. The molecule has 0 atom stereocenters. The number of carbonyl (C=O) groups excluding carboxylic acids is 1. The van der Waals surface area contributed by atoms with E-state index in [4.69, 9.17) is 4.52 Å². The highest BCUT2D eigenvalue weighted by Gasteiger charge is 2.12. The number of nitrogens with one attached hydrogen (secondary N) is 1. The summed E-state index contributed by atoms with van der Waals surface area (Å²) in [6.45, 7) is 1.89. The lowest BCUT2D eigenvalue weighted by atomic mass is 10.2. The molecule has 7 heteroatoms. The average molecular weight is 305 g/mol. The third-order valence-electron chi connectivity index (χ3n) is 2.53. The molecule has 0 fully saturated rings. The van der Waals surface area contributed by atoms with Gasteiger partial charge in [-0.1, -0.05) is 11.2 Å². The first-order valence-corrected chi connectivity index (χ1v) is 7.68. The summed E-state index contributed by atoms with van der Waals surface area (Å²) in [5, 5.41) is 11.1. The second kappa shape index (κ2) is 5.56. The molecule has 3 aromatic heterocycles. The van der Waals surface area contributed by atoms with Crippen LogP contribution in [0, 0.1) is 6.92 Å². The minimum atomic E-state index is -0.148. The Kier molecular flexibility index (Phi) is 3.62. The van der Waals surface area contributed by atoms with Gasteiger partial charge < -0.3 is 9.84 Å². The Morgan fingerprint density at radius 3 is 3.05 bits per heavy atom. The summed E-state index contributed by atoms with van der Waals surface area (Å²) in [4.78, 5) is 17.0. The van der Waals surface area contributed by atoms with Crippen LogP contribution in [0.15, 0.2) is 33.5 Å². The fourth-order valence-corrected chi connectivity index (χ4v) is 3.05. The van der Waals surface area contributed by atoms with Gasteiger partial charge in [-0.05, 0) is 18.4 Å². The van der Waals surface area contributed by atoms with Gasteiger partial charge in [0.15, 0.2) is 10.9 Å². The van der Waals surface area contributed by atoms with Crippen molar-refractivity contribution in [2.75, 3.05) is 5.32 Å². The number of carbonyl (C=O) groups is 1. The number of nitrogens with zero attached hydrogens (tertiary/aromatic N) is 2. The number of anilines is 1. The number of aromatic nitrogens is 2. The van der Waals surface area contributed by atoms with E-state index in [-0.39, 0.29) is 12.3 Å². The molecular weight excluding hydrogens is 294 g/mol. The summed E-state index contributed by atoms with van der Waals surface area (Å²) in [5.41, 5.74) is 1.51. The summed E-state index contributed by atoms with van der Waals surface area (Å²) in [5.74, 6) is 0.540. The quantitative estimate of drug-likeness (QED) is 0.802. The van der Waals surface area contributed by atoms with Crippen LogP contribution in [-0.2, 0) is 11.2 Å². The first-order chi connectivity index (χ1) is 9.70. The van der Waals surface area contributed by atoms with Crippen molar-refractivity contribution < 1.29 is 9.32 Å². The summed E-state index contributed by atoms with van der Waals surface area (Å²) in [7, 11) is 0.